The quantitative estimate of drug-likeness (QED) is 0.697. The number of aromatic nitrogens is 2. The van der Waals surface area contributed by atoms with Gasteiger partial charge in [-0.2, -0.15) is 0 Å². The van der Waals surface area contributed by atoms with Crippen molar-refractivity contribution in [3.05, 3.63) is 53.6 Å². The van der Waals surface area contributed by atoms with Crippen molar-refractivity contribution in [3.63, 3.8) is 0 Å². The molecule has 0 atom stereocenters. The third-order valence-electron chi connectivity index (χ3n) is 5.64. The van der Waals surface area contributed by atoms with Crippen molar-refractivity contribution in [3.8, 4) is 11.5 Å². The molecule has 2 aromatic carbocycles. The van der Waals surface area contributed by atoms with Crippen molar-refractivity contribution in [1.29, 1.82) is 0 Å². The van der Waals surface area contributed by atoms with Gasteiger partial charge in [-0.05, 0) is 26.0 Å². The van der Waals surface area contributed by atoms with Gasteiger partial charge in [0.1, 0.15) is 39.8 Å². The van der Waals surface area contributed by atoms with Crippen LogP contribution in [0, 0.1) is 0 Å². The number of Topliss-reactive ketones (excluding diaryl/α,β-unsaturated/α-hetero) is 1. The fraction of sp³-hybridized carbons (Fsp3) is 0.227. The molecule has 0 radical (unpaired) electrons. The number of hydrogen-bond acceptors (Lipinski definition) is 6. The highest BCUT2D eigenvalue weighted by molar-refractivity contribution is 6.31. The van der Waals surface area contributed by atoms with E-state index in [0.717, 1.165) is 11.0 Å². The fourth-order valence-corrected chi connectivity index (χ4v) is 4.17. The summed E-state index contributed by atoms with van der Waals surface area (Å²) in [4.78, 5) is 36.2. The Kier molecular flexibility index (Phi) is 3.70. The van der Waals surface area contributed by atoms with Crippen LogP contribution >= 0.6 is 0 Å². The number of ether oxygens (including phenoxy) is 2. The van der Waals surface area contributed by atoms with E-state index in [1.807, 2.05) is 43.0 Å². The Morgan fingerprint density at radius 2 is 1.83 bits per heavy atom. The van der Waals surface area contributed by atoms with Crippen LogP contribution in [0.25, 0.3) is 16.6 Å². The molecule has 0 bridgehead atoms. The number of para-hydroxylation sites is 2. The third-order valence-corrected chi connectivity index (χ3v) is 5.64. The minimum Gasteiger partial charge on any atom is -0.497 e. The van der Waals surface area contributed by atoms with Crippen LogP contribution < -0.4 is 19.7 Å². The molecule has 0 unspecified atom stereocenters. The van der Waals surface area contributed by atoms with Gasteiger partial charge in [-0.15, -0.1) is 0 Å². The van der Waals surface area contributed by atoms with Gasteiger partial charge in [0.05, 0.1) is 30.9 Å². The molecule has 0 fully saturated rings. The number of benzene rings is 2. The van der Waals surface area contributed by atoms with Crippen LogP contribution in [0.3, 0.4) is 0 Å². The Balaban J connectivity index is 1.79. The summed E-state index contributed by atoms with van der Waals surface area (Å²) >= 11 is 0. The molecule has 0 spiro atoms. The lowest BCUT2D eigenvalue weighted by Gasteiger charge is -2.38. The van der Waals surface area contributed by atoms with E-state index in [0.29, 0.717) is 40.0 Å². The summed E-state index contributed by atoms with van der Waals surface area (Å²) in [5, 5.41) is 2.89. The van der Waals surface area contributed by atoms with Crippen LogP contribution in [0.5, 0.6) is 11.5 Å². The Bertz CT molecular complexity index is 1240. The monoisotopic (exact) mass is 404 g/mol. The zero-order valence-corrected chi connectivity index (χ0v) is 17.0. The first-order chi connectivity index (χ1) is 14.4. The van der Waals surface area contributed by atoms with Crippen LogP contribution in [0.15, 0.2) is 42.2 Å². The van der Waals surface area contributed by atoms with E-state index >= 15 is 0 Å². The summed E-state index contributed by atoms with van der Waals surface area (Å²) in [6, 6.07) is 10.9. The summed E-state index contributed by atoms with van der Waals surface area (Å²) in [5.41, 5.74) is 1.86. The van der Waals surface area contributed by atoms with Crippen molar-refractivity contribution < 1.29 is 19.1 Å². The van der Waals surface area contributed by atoms with E-state index in [1.165, 1.54) is 7.11 Å². The van der Waals surface area contributed by atoms with Crippen molar-refractivity contribution in [2.45, 2.75) is 19.4 Å². The summed E-state index contributed by atoms with van der Waals surface area (Å²) < 4.78 is 10.8. The second kappa shape index (κ2) is 6.09. The van der Waals surface area contributed by atoms with Gasteiger partial charge in [-0.1, -0.05) is 12.1 Å². The summed E-state index contributed by atoms with van der Waals surface area (Å²) in [7, 11) is 3.04. The number of nitrogens with zero attached hydrogens (tertiary/aromatic N) is 2. The Morgan fingerprint density at radius 1 is 1.07 bits per heavy atom. The van der Waals surface area contributed by atoms with E-state index in [2.05, 4.69) is 15.3 Å². The van der Waals surface area contributed by atoms with Gasteiger partial charge >= 0.3 is 0 Å². The minimum atomic E-state index is -0.955. The number of aromatic amines is 1. The number of rotatable bonds is 3. The van der Waals surface area contributed by atoms with Crippen LogP contribution in [0.4, 0.5) is 5.69 Å². The lowest BCUT2D eigenvalue weighted by molar-refractivity contribution is -0.116. The molecule has 152 valence electrons. The minimum absolute atomic E-state index is 0.147. The number of nitrogens with one attached hydrogen (secondary N) is 2. The predicted molar refractivity (Wildman–Crippen MR) is 112 cm³/mol. The van der Waals surface area contributed by atoms with Crippen LogP contribution in [0.2, 0.25) is 0 Å². The van der Waals surface area contributed by atoms with Gasteiger partial charge in [-0.3, -0.25) is 9.59 Å². The molecule has 3 heterocycles. The highest BCUT2D eigenvalue weighted by atomic mass is 16.5. The largest absolute Gasteiger partial charge is 0.497 e. The Labute approximate surface area is 172 Å². The standard InChI is InChI=1S/C22H20N4O4/c1-22(2)18(27)17(19-23-12-7-5-6-8-13(12)24-19)20-25-21(28)16-14(26(20)22)9-11(29-3)10-15(16)30-4/h5-10H,1-4H3,(H,23,24)(H,25,28). The molecule has 2 aliphatic rings. The number of fused-ring (bicyclic) bond motifs is 4. The average Bonchev–Trinajstić information content (AvgIpc) is 3.23. The maximum absolute atomic E-state index is 13.5. The van der Waals surface area contributed by atoms with Crippen LogP contribution in [0.1, 0.15) is 30.0 Å². The van der Waals surface area contributed by atoms with Gasteiger partial charge in [0.2, 0.25) is 0 Å². The number of amides is 1. The molecule has 1 amide bonds. The molecule has 2 N–H and O–H groups in total. The molecule has 0 aliphatic carbocycles. The lowest BCUT2D eigenvalue weighted by Crippen LogP contribution is -2.50. The van der Waals surface area contributed by atoms with Gasteiger partial charge in [0.25, 0.3) is 5.91 Å². The van der Waals surface area contributed by atoms with Gasteiger partial charge in [0.15, 0.2) is 5.78 Å². The van der Waals surface area contributed by atoms with Crippen molar-refractivity contribution in [2.24, 2.45) is 0 Å². The highest BCUT2D eigenvalue weighted by Gasteiger charge is 2.52. The van der Waals surface area contributed by atoms with Crippen molar-refractivity contribution in [2.75, 3.05) is 19.1 Å². The predicted octanol–water partition coefficient (Wildman–Crippen LogP) is 2.86. The van der Waals surface area contributed by atoms with E-state index < -0.39 is 5.54 Å². The summed E-state index contributed by atoms with van der Waals surface area (Å²) in [5.74, 6) is 1.23. The maximum Gasteiger partial charge on any atom is 0.262 e. The van der Waals surface area contributed by atoms with Crippen LogP contribution in [-0.2, 0) is 4.79 Å². The van der Waals surface area contributed by atoms with Gasteiger partial charge in [-0.25, -0.2) is 4.98 Å². The second-order valence-electron chi connectivity index (χ2n) is 7.73. The average molecular weight is 404 g/mol. The molecule has 0 saturated carbocycles. The van der Waals surface area contributed by atoms with Crippen molar-refractivity contribution in [1.82, 2.24) is 15.3 Å². The number of carbonyl (C=O) groups excluding carboxylic acids is 2. The first kappa shape index (κ1) is 18.2. The molecule has 0 saturated heterocycles. The summed E-state index contributed by atoms with van der Waals surface area (Å²) in [6.45, 7) is 3.64. The number of methoxy groups -OCH3 is 2. The van der Waals surface area contributed by atoms with Gasteiger partial charge in [0, 0.05) is 12.1 Å². The molecule has 3 aromatic rings. The molecular weight excluding hydrogens is 384 g/mol. The van der Waals surface area contributed by atoms with E-state index in [1.54, 1.807) is 19.2 Å². The molecule has 30 heavy (non-hydrogen) atoms. The number of carbonyl (C=O) groups is 2. The highest BCUT2D eigenvalue weighted by Crippen LogP contribution is 2.47. The first-order valence-electron chi connectivity index (χ1n) is 9.48. The maximum atomic E-state index is 13.5. The van der Waals surface area contributed by atoms with Crippen LogP contribution in [-0.4, -0.2) is 41.4 Å². The Hall–Kier alpha value is -3.81. The lowest BCUT2D eigenvalue weighted by atomic mass is 9.95. The molecule has 1 aromatic heterocycles. The SMILES string of the molecule is COc1cc(OC)c2c(c1)N1C(=C(c3nc4ccccc4[nH]3)C(=O)C1(C)C)NC2=O. The molecule has 8 nitrogen and oxygen atoms in total. The second-order valence-corrected chi connectivity index (χ2v) is 7.73. The van der Waals surface area contributed by atoms with Crippen molar-refractivity contribution >= 4 is 34.0 Å². The topological polar surface area (TPSA) is 96.6 Å². The number of anilines is 1. The van der Waals surface area contributed by atoms with Gasteiger partial charge < -0.3 is 24.7 Å². The van der Waals surface area contributed by atoms with E-state index in [-0.39, 0.29) is 11.7 Å². The fourth-order valence-electron chi connectivity index (χ4n) is 4.17. The number of ketones is 1. The third kappa shape index (κ3) is 2.30. The zero-order valence-electron chi connectivity index (χ0n) is 17.0. The Morgan fingerprint density at radius 3 is 2.53 bits per heavy atom. The molecular formula is C22H20N4O4. The molecule has 8 heteroatoms. The number of hydrogen-bond donors (Lipinski definition) is 2. The molecule has 2 aliphatic heterocycles. The number of imidazole rings is 1. The number of H-pyrrole nitrogens is 1. The zero-order chi connectivity index (χ0) is 21.2. The van der Waals surface area contributed by atoms with E-state index in [9.17, 15) is 9.59 Å². The summed E-state index contributed by atoms with van der Waals surface area (Å²) in [6.07, 6.45) is 0. The first-order valence-corrected chi connectivity index (χ1v) is 9.48. The smallest absolute Gasteiger partial charge is 0.262 e. The molecule has 5 rings (SSSR count). The normalized spacial score (nSPS) is 17.1. The van der Waals surface area contributed by atoms with E-state index in [4.69, 9.17) is 9.47 Å².